The first-order valence-electron chi connectivity index (χ1n) is 41.2. The molecule has 0 atom stereocenters. The molecule has 0 fully saturated rings. The van der Waals surface area contributed by atoms with Gasteiger partial charge in [0.2, 0.25) is 0 Å². The van der Waals surface area contributed by atoms with E-state index >= 15 is 0 Å². The number of hydrogen-bond acceptors (Lipinski definition) is 2. The van der Waals surface area contributed by atoms with Gasteiger partial charge in [-0.25, -0.2) is 0 Å². The van der Waals surface area contributed by atoms with E-state index in [2.05, 4.69) is 410 Å². The lowest BCUT2D eigenvalue weighted by Gasteiger charge is -2.31. The topological polar surface area (TPSA) is 6.48 Å². The van der Waals surface area contributed by atoms with Crippen molar-refractivity contribution < 1.29 is 0 Å². The van der Waals surface area contributed by atoms with Gasteiger partial charge in [-0.05, 0) is 264 Å². The van der Waals surface area contributed by atoms with Crippen molar-refractivity contribution in [2.24, 2.45) is 0 Å². The van der Waals surface area contributed by atoms with Crippen molar-refractivity contribution in [1.82, 2.24) is 0 Å². The first kappa shape index (κ1) is 69.1. The van der Waals surface area contributed by atoms with Crippen LogP contribution in [0.4, 0.5) is 34.1 Å². The maximum Gasteiger partial charge on any atom is 0.0465 e. The Hall–Kier alpha value is -11.8. The largest absolute Gasteiger partial charge is 0.310 e. The van der Waals surface area contributed by atoms with Gasteiger partial charge in [-0.15, -0.1) is 0 Å². The predicted molar refractivity (Wildman–Crippen MR) is 479 cm³/mol. The molecule has 0 saturated heterocycles. The Morgan fingerprint density at radius 3 is 0.575 bits per heavy atom. The van der Waals surface area contributed by atoms with Crippen LogP contribution in [-0.2, 0) is 37.9 Å². The summed E-state index contributed by atoms with van der Waals surface area (Å²) in [6.07, 6.45) is 11.4. The molecule has 7 aliphatic carbocycles. The van der Waals surface area contributed by atoms with Gasteiger partial charge < -0.3 is 9.80 Å². The van der Waals surface area contributed by atoms with E-state index in [1.165, 1.54) is 212 Å². The maximum absolute atomic E-state index is 2.53. The summed E-state index contributed by atoms with van der Waals surface area (Å²) >= 11 is 0. The number of fused-ring (bicyclic) bond motifs is 21. The van der Waals surface area contributed by atoms with E-state index in [0.29, 0.717) is 0 Å². The lowest BCUT2D eigenvalue weighted by Crippen LogP contribution is -2.23. The molecule has 0 aromatic heterocycles. The minimum atomic E-state index is -0.247. The molecule has 0 N–H and O–H groups in total. The SMILES string of the molecule is CCC1(CC)c2cc(C=Cc3ccc4c(c3)C(C)(C)c3cc(N(c5ccc6c(c5)C(C)(C)c5ccccc5-6)c5ccc6c(c5)C(C)(C)c5ccccc5-6)ccc3-4)ccc2-c2ccc(C=Cc3ccc4c(c3)C(C)(C)c3cc(N(c5ccc6c(c5)C(C)(C)c5ccccc5-6)c5ccc6c(c5)C(C)(C)c5ccccc5-6)ccc3-4)cc21. The average Bonchev–Trinajstić information content (AvgIpc) is 1.58. The molecule has 0 heterocycles. The van der Waals surface area contributed by atoms with E-state index in [1.54, 1.807) is 0 Å². The van der Waals surface area contributed by atoms with Crippen molar-refractivity contribution in [2.75, 3.05) is 9.80 Å². The zero-order valence-electron chi connectivity index (χ0n) is 67.7. The summed E-state index contributed by atoms with van der Waals surface area (Å²) in [7, 11) is 0. The van der Waals surface area contributed by atoms with Crippen molar-refractivity contribution in [1.29, 1.82) is 0 Å². The van der Waals surface area contributed by atoms with Crippen molar-refractivity contribution in [3.05, 3.63) is 379 Å². The number of nitrogens with zero attached hydrogens (tertiary/aromatic N) is 2. The normalized spacial score (nSPS) is 16.7. The van der Waals surface area contributed by atoms with Crippen LogP contribution in [0.3, 0.4) is 0 Å². The Morgan fingerprint density at radius 2 is 0.354 bits per heavy atom. The molecule has 0 aliphatic heterocycles. The Morgan fingerprint density at radius 1 is 0.186 bits per heavy atom. The second-order valence-electron chi connectivity index (χ2n) is 36.7. The summed E-state index contributed by atoms with van der Waals surface area (Å²) in [5, 5.41) is 0. The quantitative estimate of drug-likeness (QED) is 0.113. The van der Waals surface area contributed by atoms with Crippen LogP contribution >= 0.6 is 0 Å². The van der Waals surface area contributed by atoms with E-state index in [1.807, 2.05) is 0 Å². The molecule has 113 heavy (non-hydrogen) atoms. The van der Waals surface area contributed by atoms with Crippen LogP contribution in [0.5, 0.6) is 0 Å². The van der Waals surface area contributed by atoms with E-state index in [0.717, 1.165) is 12.8 Å². The average molecular weight is 1460 g/mol. The van der Waals surface area contributed by atoms with Crippen LogP contribution in [0.25, 0.3) is 102 Å². The minimum Gasteiger partial charge on any atom is -0.310 e. The van der Waals surface area contributed by atoms with Crippen LogP contribution in [-0.4, -0.2) is 0 Å². The highest BCUT2D eigenvalue weighted by atomic mass is 15.1. The van der Waals surface area contributed by atoms with Gasteiger partial charge in [0.1, 0.15) is 0 Å². The fraction of sp³-hybridized carbons (Fsp3) is 0.207. The third-order valence-corrected chi connectivity index (χ3v) is 28.7. The lowest BCUT2D eigenvalue weighted by molar-refractivity contribution is 0.490. The van der Waals surface area contributed by atoms with Gasteiger partial charge in [-0.3, -0.25) is 0 Å². The maximum atomic E-state index is 2.53. The van der Waals surface area contributed by atoms with Crippen LogP contribution in [0.15, 0.2) is 279 Å². The van der Waals surface area contributed by atoms with Gasteiger partial charge in [0, 0.05) is 72.0 Å². The summed E-state index contributed by atoms with van der Waals surface area (Å²) in [5.41, 5.74) is 48.8. The molecular weight excluding hydrogens is 1360 g/mol. The molecular formula is C111H96N2. The molecule has 0 spiro atoms. The van der Waals surface area contributed by atoms with Gasteiger partial charge in [0.05, 0.1) is 0 Å². The molecule has 14 aromatic rings. The Kier molecular flexibility index (Phi) is 14.7. The zero-order chi connectivity index (χ0) is 77.4. The van der Waals surface area contributed by atoms with Crippen molar-refractivity contribution in [3.8, 4) is 77.9 Å². The Balaban J connectivity index is 0.555. The van der Waals surface area contributed by atoms with E-state index in [9.17, 15) is 0 Å². The molecule has 0 unspecified atom stereocenters. The Bertz CT molecular complexity index is 5930. The molecule has 0 saturated carbocycles. The number of anilines is 6. The Labute approximate surface area is 668 Å². The summed E-state index contributed by atoms with van der Waals surface area (Å²) in [5.74, 6) is 0. The van der Waals surface area contributed by atoms with E-state index in [-0.39, 0.29) is 37.9 Å². The summed E-state index contributed by atoms with van der Waals surface area (Å²) < 4.78 is 0. The van der Waals surface area contributed by atoms with Gasteiger partial charge in [-0.2, -0.15) is 0 Å². The highest BCUT2D eigenvalue weighted by molar-refractivity contribution is 5.95. The smallest absolute Gasteiger partial charge is 0.0465 e. The molecule has 2 heteroatoms. The third-order valence-electron chi connectivity index (χ3n) is 28.7. The monoisotopic (exact) mass is 1460 g/mol. The summed E-state index contributed by atoms with van der Waals surface area (Å²) in [6, 6.07) is 108. The van der Waals surface area contributed by atoms with Crippen LogP contribution in [0.1, 0.15) is 210 Å². The van der Waals surface area contributed by atoms with Crippen molar-refractivity contribution >= 4 is 58.4 Å². The third kappa shape index (κ3) is 9.78. The van der Waals surface area contributed by atoms with E-state index in [4.69, 9.17) is 0 Å². The predicted octanol–water partition coefficient (Wildman–Crippen LogP) is 29.9. The van der Waals surface area contributed by atoms with Crippen molar-refractivity contribution in [2.45, 2.75) is 148 Å². The van der Waals surface area contributed by atoms with Crippen LogP contribution < -0.4 is 9.80 Å². The number of rotatable bonds is 12. The molecule has 14 aromatic carbocycles. The minimum absolute atomic E-state index is 0.105. The summed E-state index contributed by atoms with van der Waals surface area (Å²) in [4.78, 5) is 5.06. The standard InChI is InChI=1S/C111H96N2/c1-15-111(16-2)103-59-69(35-33-67-37-47-81-87-55-45-75(65-101(87)109(11,12)95(81)57-67)112(71-41-51-83-77-25-17-21-29-91(77)105(3,4)97(83)61-71)72-42-52-84-78-26-18-22-30-92(78)106(5,6)98(84)62-72)39-49-89(103)90-50-40-70(60-104(90)111)36-34-68-38-48-82-88-56-46-76(66-102(88)110(13,14)96(82)58-68)113(73-43-53-85-79-27-19-23-31-93(79)107(7,8)99(85)63-73)74-44-54-86-80-28-20-24-32-94(80)108(9,10)100(86)64-74/h17-66H,15-16H2,1-14H3. The highest BCUT2D eigenvalue weighted by Gasteiger charge is 2.45. The fourth-order valence-corrected chi connectivity index (χ4v) is 22.3. The zero-order valence-corrected chi connectivity index (χ0v) is 67.7. The molecule has 2 nitrogen and oxygen atoms in total. The van der Waals surface area contributed by atoms with Gasteiger partial charge >= 0.3 is 0 Å². The molecule has 0 amide bonds. The molecule has 550 valence electrons. The molecule has 0 radical (unpaired) electrons. The second-order valence-corrected chi connectivity index (χ2v) is 36.7. The van der Waals surface area contributed by atoms with E-state index < -0.39 is 0 Å². The summed E-state index contributed by atoms with van der Waals surface area (Å²) in [6.45, 7) is 33.6. The number of benzene rings is 14. The van der Waals surface area contributed by atoms with Crippen LogP contribution in [0.2, 0.25) is 0 Å². The highest BCUT2D eigenvalue weighted by Crippen LogP contribution is 2.60. The molecule has 7 aliphatic rings. The number of hydrogen-bond donors (Lipinski definition) is 0. The van der Waals surface area contributed by atoms with Gasteiger partial charge in [0.15, 0.2) is 0 Å². The van der Waals surface area contributed by atoms with Crippen molar-refractivity contribution in [3.63, 3.8) is 0 Å². The molecule has 0 bridgehead atoms. The van der Waals surface area contributed by atoms with Gasteiger partial charge in [0.25, 0.3) is 0 Å². The first-order valence-corrected chi connectivity index (χ1v) is 41.2. The van der Waals surface area contributed by atoms with Crippen LogP contribution in [0, 0.1) is 0 Å². The molecule has 21 rings (SSSR count). The fourth-order valence-electron chi connectivity index (χ4n) is 22.3. The second kappa shape index (κ2) is 24.1. The first-order chi connectivity index (χ1) is 54.4. The van der Waals surface area contributed by atoms with Gasteiger partial charge in [-0.1, -0.05) is 327 Å². The lowest BCUT2D eigenvalue weighted by atomic mass is 9.73.